The maximum Gasteiger partial charge on any atom is 0.268 e. The Balaban J connectivity index is 1.49. The number of fused-ring (bicyclic) bond motifs is 2. The number of hydrogen-bond acceptors (Lipinski definition) is 5. The van der Waals surface area contributed by atoms with E-state index in [1.165, 1.54) is 17.4 Å². The molecule has 3 heterocycles. The van der Waals surface area contributed by atoms with E-state index in [4.69, 9.17) is 0 Å². The average molecular weight is 436 g/mol. The molecule has 0 unspecified atom stereocenters. The summed E-state index contributed by atoms with van der Waals surface area (Å²) < 4.78 is 28.8. The van der Waals surface area contributed by atoms with Gasteiger partial charge >= 0.3 is 0 Å². The molecule has 2 aromatic carbocycles. The molecule has 4 aromatic rings. The zero-order valence-electron chi connectivity index (χ0n) is 15.8. The van der Waals surface area contributed by atoms with Crippen LogP contribution in [-0.4, -0.2) is 25.9 Å². The topological polar surface area (TPSA) is 79.4 Å². The smallest absolute Gasteiger partial charge is 0.268 e. The van der Waals surface area contributed by atoms with Crippen LogP contribution in [0.25, 0.3) is 10.9 Å². The van der Waals surface area contributed by atoms with E-state index in [0.717, 1.165) is 23.1 Å². The summed E-state index contributed by atoms with van der Waals surface area (Å²) in [4.78, 5) is 19.6. The van der Waals surface area contributed by atoms with Gasteiger partial charge in [0.25, 0.3) is 15.9 Å². The van der Waals surface area contributed by atoms with Crippen LogP contribution in [0.5, 0.6) is 0 Å². The summed E-state index contributed by atoms with van der Waals surface area (Å²) in [7, 11) is -3.85. The van der Waals surface area contributed by atoms with Gasteiger partial charge < -0.3 is 4.90 Å². The third-order valence-electron chi connectivity index (χ3n) is 5.10. The number of amides is 1. The lowest BCUT2D eigenvalue weighted by Gasteiger charge is -2.18. The first-order valence-corrected chi connectivity index (χ1v) is 11.7. The van der Waals surface area contributed by atoms with Gasteiger partial charge in [0, 0.05) is 23.8 Å². The molecule has 30 heavy (non-hydrogen) atoms. The molecule has 1 aliphatic rings. The number of sulfonamides is 1. The van der Waals surface area contributed by atoms with Gasteiger partial charge in [-0.15, -0.1) is 11.3 Å². The molecule has 0 saturated heterocycles. The van der Waals surface area contributed by atoms with Crippen molar-refractivity contribution < 1.29 is 13.2 Å². The first-order chi connectivity index (χ1) is 14.5. The van der Waals surface area contributed by atoms with Crippen molar-refractivity contribution in [1.82, 2.24) is 4.98 Å². The van der Waals surface area contributed by atoms with Crippen LogP contribution < -0.4 is 9.62 Å². The summed E-state index contributed by atoms with van der Waals surface area (Å²) in [5, 5.41) is 2.62. The van der Waals surface area contributed by atoms with Gasteiger partial charge in [-0.2, -0.15) is 0 Å². The molecule has 0 fully saturated rings. The molecule has 1 N–H and O–H groups in total. The highest BCUT2D eigenvalue weighted by Crippen LogP contribution is 2.33. The highest BCUT2D eigenvalue weighted by molar-refractivity contribution is 7.93. The van der Waals surface area contributed by atoms with Crippen molar-refractivity contribution in [2.24, 2.45) is 0 Å². The first-order valence-electron chi connectivity index (χ1n) is 9.38. The van der Waals surface area contributed by atoms with E-state index in [1.54, 1.807) is 41.4 Å². The Labute approximate surface area is 177 Å². The van der Waals surface area contributed by atoms with Gasteiger partial charge in [-0.25, -0.2) is 8.42 Å². The average Bonchev–Trinajstić information content (AvgIpc) is 3.42. The maximum atomic E-state index is 13.1. The normalized spacial score (nSPS) is 13.4. The zero-order valence-corrected chi connectivity index (χ0v) is 17.4. The van der Waals surface area contributed by atoms with Crippen LogP contribution in [0.2, 0.25) is 0 Å². The van der Waals surface area contributed by atoms with Crippen molar-refractivity contribution in [1.29, 1.82) is 0 Å². The summed E-state index contributed by atoms with van der Waals surface area (Å²) in [6.07, 6.45) is 2.32. The summed E-state index contributed by atoms with van der Waals surface area (Å²) >= 11 is 1.40. The zero-order chi connectivity index (χ0) is 20.7. The van der Waals surface area contributed by atoms with Crippen LogP contribution in [0.4, 0.5) is 11.4 Å². The number of thiophene rings is 1. The number of carbonyl (C=O) groups excluding carboxylic acids is 1. The predicted molar refractivity (Wildman–Crippen MR) is 119 cm³/mol. The third-order valence-corrected chi connectivity index (χ3v) is 7.37. The molecule has 0 spiro atoms. The fraction of sp³-hybridized carbons (Fsp3) is 0.0909. The van der Waals surface area contributed by atoms with E-state index in [9.17, 15) is 13.2 Å². The van der Waals surface area contributed by atoms with Gasteiger partial charge in [0.15, 0.2) is 0 Å². The number of aromatic nitrogens is 1. The molecule has 0 aliphatic carbocycles. The molecule has 6 nitrogen and oxygen atoms in total. The van der Waals surface area contributed by atoms with Gasteiger partial charge in [-0.05, 0) is 47.7 Å². The van der Waals surface area contributed by atoms with E-state index in [1.807, 2.05) is 29.6 Å². The van der Waals surface area contributed by atoms with Gasteiger partial charge in [-0.1, -0.05) is 30.3 Å². The fourth-order valence-electron chi connectivity index (χ4n) is 3.69. The quantitative estimate of drug-likeness (QED) is 0.518. The third kappa shape index (κ3) is 3.24. The van der Waals surface area contributed by atoms with Crippen molar-refractivity contribution in [3.05, 3.63) is 82.7 Å². The number of anilines is 2. The standard InChI is InChI=1S/C22H17N3O3S2/c26-22(19-6-3-13-29-19)25-12-10-15-8-9-17(14-18(15)25)24-30(27,28)20-7-1-4-16-5-2-11-23-21(16)20/h1-9,11,13-14,24H,10,12H2. The lowest BCUT2D eigenvalue weighted by Crippen LogP contribution is -2.28. The van der Waals surface area contributed by atoms with E-state index in [0.29, 0.717) is 22.6 Å². The number of para-hydroxylation sites is 1. The van der Waals surface area contributed by atoms with Crippen LogP contribution in [0.1, 0.15) is 15.2 Å². The first kappa shape index (κ1) is 18.8. The van der Waals surface area contributed by atoms with Crippen LogP contribution in [0.15, 0.2) is 77.1 Å². The van der Waals surface area contributed by atoms with Crippen molar-refractivity contribution >= 4 is 49.5 Å². The molecule has 5 rings (SSSR count). The number of nitrogens with zero attached hydrogens (tertiary/aromatic N) is 2. The Hall–Kier alpha value is -3.23. The minimum atomic E-state index is -3.85. The minimum absolute atomic E-state index is 0.0676. The van der Waals surface area contributed by atoms with E-state index >= 15 is 0 Å². The van der Waals surface area contributed by atoms with Crippen molar-refractivity contribution in [3.8, 4) is 0 Å². The maximum absolute atomic E-state index is 13.1. The summed E-state index contributed by atoms with van der Waals surface area (Å²) in [5.41, 5.74) is 2.59. The lowest BCUT2D eigenvalue weighted by molar-refractivity contribution is 0.0993. The molecule has 1 amide bonds. The molecular weight excluding hydrogens is 418 g/mol. The largest absolute Gasteiger partial charge is 0.307 e. The molecular formula is C22H17N3O3S2. The number of carbonyl (C=O) groups is 1. The SMILES string of the molecule is O=C(c1cccs1)N1CCc2ccc(NS(=O)(=O)c3cccc4cccnc34)cc21. The van der Waals surface area contributed by atoms with Crippen molar-refractivity contribution in [3.63, 3.8) is 0 Å². The second-order valence-corrected chi connectivity index (χ2v) is 9.56. The minimum Gasteiger partial charge on any atom is -0.307 e. The highest BCUT2D eigenvalue weighted by atomic mass is 32.2. The molecule has 150 valence electrons. The molecule has 0 atom stereocenters. The number of nitrogens with one attached hydrogen (secondary N) is 1. The van der Waals surface area contributed by atoms with Crippen molar-refractivity contribution in [2.45, 2.75) is 11.3 Å². The Kier molecular flexibility index (Phi) is 4.52. The summed E-state index contributed by atoms with van der Waals surface area (Å²) in [6.45, 7) is 0.579. The Morgan fingerprint density at radius 1 is 1.07 bits per heavy atom. The molecule has 1 aliphatic heterocycles. The van der Waals surface area contributed by atoms with E-state index < -0.39 is 10.0 Å². The molecule has 0 radical (unpaired) electrons. The second kappa shape index (κ2) is 7.23. The predicted octanol–water partition coefficient (Wildman–Crippen LogP) is 4.30. The van der Waals surface area contributed by atoms with Gasteiger partial charge in [0.05, 0.1) is 16.1 Å². The van der Waals surface area contributed by atoms with Gasteiger partial charge in [0.1, 0.15) is 4.90 Å². The highest BCUT2D eigenvalue weighted by Gasteiger charge is 2.27. The Morgan fingerprint density at radius 3 is 2.77 bits per heavy atom. The van der Waals surface area contributed by atoms with Gasteiger partial charge in [0.2, 0.25) is 0 Å². The summed E-state index contributed by atoms with van der Waals surface area (Å²) in [5.74, 6) is -0.0676. The van der Waals surface area contributed by atoms with Crippen LogP contribution >= 0.6 is 11.3 Å². The monoisotopic (exact) mass is 435 g/mol. The fourth-order valence-corrected chi connectivity index (χ4v) is 5.59. The van der Waals surface area contributed by atoms with Crippen molar-refractivity contribution in [2.75, 3.05) is 16.2 Å². The molecule has 0 saturated carbocycles. The van der Waals surface area contributed by atoms with Crippen LogP contribution in [-0.2, 0) is 16.4 Å². The van der Waals surface area contributed by atoms with Crippen LogP contribution in [0, 0.1) is 0 Å². The van der Waals surface area contributed by atoms with E-state index in [2.05, 4.69) is 9.71 Å². The Morgan fingerprint density at radius 2 is 1.93 bits per heavy atom. The Bertz CT molecular complexity index is 1360. The number of benzene rings is 2. The number of hydrogen-bond donors (Lipinski definition) is 1. The summed E-state index contributed by atoms with van der Waals surface area (Å²) in [6, 6.07) is 17.6. The number of pyridine rings is 1. The number of rotatable bonds is 4. The van der Waals surface area contributed by atoms with Gasteiger partial charge in [-0.3, -0.25) is 14.5 Å². The van der Waals surface area contributed by atoms with E-state index in [-0.39, 0.29) is 10.8 Å². The lowest BCUT2D eigenvalue weighted by atomic mass is 10.1. The molecule has 8 heteroatoms. The molecule has 0 bridgehead atoms. The van der Waals surface area contributed by atoms with Crippen LogP contribution in [0.3, 0.4) is 0 Å². The molecule has 2 aromatic heterocycles. The second-order valence-electron chi connectivity index (χ2n) is 6.96.